The van der Waals surface area contributed by atoms with E-state index in [-0.39, 0.29) is 5.92 Å². The highest BCUT2D eigenvalue weighted by Gasteiger charge is 2.31. The Kier molecular flexibility index (Phi) is 2.68. The van der Waals surface area contributed by atoms with Gasteiger partial charge in [0.05, 0.1) is 0 Å². The molecule has 0 saturated heterocycles. The third kappa shape index (κ3) is 1.77. The molecular formula is C13H14N2OS. The van der Waals surface area contributed by atoms with Crippen molar-refractivity contribution in [3.8, 4) is 0 Å². The number of rotatable bonds is 2. The lowest BCUT2D eigenvalue weighted by atomic mass is 9.95. The molecule has 1 aliphatic heterocycles. The normalized spacial score (nSPS) is 20.2. The van der Waals surface area contributed by atoms with E-state index in [1.165, 1.54) is 10.5 Å². The molecule has 3 rings (SSSR count). The van der Waals surface area contributed by atoms with Crippen molar-refractivity contribution in [2.24, 2.45) is 7.05 Å². The van der Waals surface area contributed by atoms with Crippen LogP contribution in [0.1, 0.15) is 23.4 Å². The van der Waals surface area contributed by atoms with Gasteiger partial charge < -0.3 is 9.67 Å². The fourth-order valence-electron chi connectivity index (χ4n) is 2.29. The van der Waals surface area contributed by atoms with E-state index in [0.717, 1.165) is 11.6 Å². The smallest absolute Gasteiger partial charge is 0.138 e. The number of fused-ring (bicyclic) bond motifs is 1. The summed E-state index contributed by atoms with van der Waals surface area (Å²) in [5, 5.41) is 10.4. The van der Waals surface area contributed by atoms with Crippen molar-refractivity contribution >= 4 is 11.8 Å². The first kappa shape index (κ1) is 10.9. The number of aliphatic hydroxyl groups is 1. The van der Waals surface area contributed by atoms with E-state index in [9.17, 15) is 5.11 Å². The molecular weight excluding hydrogens is 232 g/mol. The van der Waals surface area contributed by atoms with Crippen molar-refractivity contribution in [2.45, 2.75) is 16.9 Å². The van der Waals surface area contributed by atoms with Crippen molar-refractivity contribution in [1.82, 2.24) is 9.55 Å². The number of nitrogens with zero attached hydrogens (tertiary/aromatic N) is 2. The van der Waals surface area contributed by atoms with E-state index < -0.39 is 6.10 Å². The van der Waals surface area contributed by atoms with Crippen molar-refractivity contribution < 1.29 is 5.11 Å². The first-order chi connectivity index (χ1) is 8.27. The van der Waals surface area contributed by atoms with Gasteiger partial charge in [0.2, 0.25) is 0 Å². The van der Waals surface area contributed by atoms with Gasteiger partial charge in [-0.15, -0.1) is 11.8 Å². The Hall–Kier alpha value is -1.26. The summed E-state index contributed by atoms with van der Waals surface area (Å²) in [7, 11) is 1.92. The van der Waals surface area contributed by atoms with Crippen LogP contribution in [0.5, 0.6) is 0 Å². The van der Waals surface area contributed by atoms with Gasteiger partial charge in [0.1, 0.15) is 11.9 Å². The second-order valence-corrected chi connectivity index (χ2v) is 5.36. The van der Waals surface area contributed by atoms with Crippen molar-refractivity contribution in [1.29, 1.82) is 0 Å². The van der Waals surface area contributed by atoms with Crippen LogP contribution < -0.4 is 0 Å². The van der Waals surface area contributed by atoms with Gasteiger partial charge in [-0.3, -0.25) is 0 Å². The number of hydrogen-bond donors (Lipinski definition) is 1. The van der Waals surface area contributed by atoms with E-state index >= 15 is 0 Å². The van der Waals surface area contributed by atoms with Crippen LogP contribution in [-0.4, -0.2) is 20.4 Å². The molecule has 0 bridgehead atoms. The summed E-state index contributed by atoms with van der Waals surface area (Å²) in [6.07, 6.45) is 3.07. The fraction of sp³-hybridized carbons (Fsp3) is 0.308. The minimum Gasteiger partial charge on any atom is -0.384 e. The summed E-state index contributed by atoms with van der Waals surface area (Å²) >= 11 is 1.81. The summed E-state index contributed by atoms with van der Waals surface area (Å²) in [6.45, 7) is 0. The molecule has 2 aromatic rings. The maximum atomic E-state index is 10.4. The second kappa shape index (κ2) is 4.20. The molecule has 88 valence electrons. The molecule has 0 fully saturated rings. The van der Waals surface area contributed by atoms with E-state index in [4.69, 9.17) is 0 Å². The van der Waals surface area contributed by atoms with Gasteiger partial charge in [-0.05, 0) is 11.6 Å². The Balaban J connectivity index is 1.95. The van der Waals surface area contributed by atoms with Gasteiger partial charge in [-0.1, -0.05) is 18.2 Å². The van der Waals surface area contributed by atoms with Crippen LogP contribution in [0, 0.1) is 0 Å². The SMILES string of the molecule is Cn1ccnc1C(O)C1CSc2ccccc21. The highest BCUT2D eigenvalue weighted by atomic mass is 32.2. The summed E-state index contributed by atoms with van der Waals surface area (Å²) in [4.78, 5) is 5.52. The zero-order valence-corrected chi connectivity index (χ0v) is 10.4. The van der Waals surface area contributed by atoms with Crippen molar-refractivity contribution in [3.63, 3.8) is 0 Å². The topological polar surface area (TPSA) is 38.0 Å². The van der Waals surface area contributed by atoms with E-state index in [0.29, 0.717) is 0 Å². The van der Waals surface area contributed by atoms with Gasteiger partial charge in [0.25, 0.3) is 0 Å². The third-order valence-electron chi connectivity index (χ3n) is 3.24. The molecule has 3 nitrogen and oxygen atoms in total. The Labute approximate surface area is 104 Å². The van der Waals surface area contributed by atoms with Crippen LogP contribution in [0.15, 0.2) is 41.6 Å². The number of benzene rings is 1. The minimum absolute atomic E-state index is 0.150. The average molecular weight is 246 g/mol. The predicted molar refractivity (Wildman–Crippen MR) is 68.1 cm³/mol. The van der Waals surface area contributed by atoms with Crippen LogP contribution in [-0.2, 0) is 7.05 Å². The van der Waals surface area contributed by atoms with Crippen molar-refractivity contribution in [2.75, 3.05) is 5.75 Å². The molecule has 1 aromatic carbocycles. The fourth-order valence-corrected chi connectivity index (χ4v) is 3.57. The molecule has 0 spiro atoms. The first-order valence-electron chi connectivity index (χ1n) is 5.64. The number of aromatic nitrogens is 2. The average Bonchev–Trinajstić information content (AvgIpc) is 2.94. The maximum absolute atomic E-state index is 10.4. The van der Waals surface area contributed by atoms with E-state index in [1.807, 2.05) is 41.7 Å². The van der Waals surface area contributed by atoms with E-state index in [1.54, 1.807) is 6.20 Å². The van der Waals surface area contributed by atoms with Crippen LogP contribution in [0.25, 0.3) is 0 Å². The molecule has 17 heavy (non-hydrogen) atoms. The van der Waals surface area contributed by atoms with Gasteiger partial charge in [0.15, 0.2) is 0 Å². The summed E-state index contributed by atoms with van der Waals surface area (Å²) in [6, 6.07) is 8.29. The standard InChI is InChI=1S/C13H14N2OS/c1-15-7-6-14-13(15)12(16)10-8-17-11-5-3-2-4-9(10)11/h2-7,10,12,16H,8H2,1H3. The van der Waals surface area contributed by atoms with Gasteiger partial charge in [0, 0.05) is 36.0 Å². The van der Waals surface area contributed by atoms with Crippen LogP contribution in [0.3, 0.4) is 0 Å². The molecule has 1 aromatic heterocycles. The second-order valence-electron chi connectivity index (χ2n) is 4.30. The molecule has 2 atom stereocenters. The highest BCUT2D eigenvalue weighted by molar-refractivity contribution is 7.99. The quantitative estimate of drug-likeness (QED) is 0.884. The zero-order chi connectivity index (χ0) is 11.8. The Morgan fingerprint density at radius 3 is 3.06 bits per heavy atom. The summed E-state index contributed by atoms with van der Waals surface area (Å²) < 4.78 is 1.89. The number of aryl methyl sites for hydroxylation is 1. The molecule has 0 saturated carbocycles. The van der Waals surface area contributed by atoms with Gasteiger partial charge in [-0.25, -0.2) is 4.98 Å². The Morgan fingerprint density at radius 1 is 1.47 bits per heavy atom. The molecule has 1 aliphatic rings. The minimum atomic E-state index is -0.522. The predicted octanol–water partition coefficient (Wildman–Crippen LogP) is 2.34. The number of thioether (sulfide) groups is 1. The number of aliphatic hydroxyl groups excluding tert-OH is 1. The molecule has 1 N–H and O–H groups in total. The lowest BCUT2D eigenvalue weighted by Crippen LogP contribution is -2.14. The van der Waals surface area contributed by atoms with Crippen LogP contribution >= 0.6 is 11.8 Å². The van der Waals surface area contributed by atoms with E-state index in [2.05, 4.69) is 17.1 Å². The van der Waals surface area contributed by atoms with Gasteiger partial charge >= 0.3 is 0 Å². The first-order valence-corrected chi connectivity index (χ1v) is 6.63. The maximum Gasteiger partial charge on any atom is 0.138 e. The Bertz CT molecular complexity index is 538. The number of imidazole rings is 1. The molecule has 4 heteroatoms. The monoisotopic (exact) mass is 246 g/mol. The largest absolute Gasteiger partial charge is 0.384 e. The summed E-state index contributed by atoms with van der Waals surface area (Å²) in [5.74, 6) is 1.82. The Morgan fingerprint density at radius 2 is 2.29 bits per heavy atom. The summed E-state index contributed by atoms with van der Waals surface area (Å²) in [5.41, 5.74) is 1.24. The van der Waals surface area contributed by atoms with Crippen LogP contribution in [0.4, 0.5) is 0 Å². The molecule has 2 unspecified atom stereocenters. The van der Waals surface area contributed by atoms with Crippen molar-refractivity contribution in [3.05, 3.63) is 48.0 Å². The lowest BCUT2D eigenvalue weighted by Gasteiger charge is -2.18. The molecule has 0 amide bonds. The molecule has 2 heterocycles. The molecule has 0 radical (unpaired) electrons. The van der Waals surface area contributed by atoms with Gasteiger partial charge in [-0.2, -0.15) is 0 Å². The molecule has 0 aliphatic carbocycles. The highest BCUT2D eigenvalue weighted by Crippen LogP contribution is 2.44. The lowest BCUT2D eigenvalue weighted by molar-refractivity contribution is 0.141. The third-order valence-corrected chi connectivity index (χ3v) is 4.45. The zero-order valence-electron chi connectivity index (χ0n) is 9.58. The van der Waals surface area contributed by atoms with Crippen LogP contribution in [0.2, 0.25) is 0 Å². The number of hydrogen-bond acceptors (Lipinski definition) is 3.